The molecule has 1 heterocycles. The van der Waals surface area contributed by atoms with E-state index in [1.807, 2.05) is 0 Å². The summed E-state index contributed by atoms with van der Waals surface area (Å²) >= 11 is 0. The van der Waals surface area contributed by atoms with E-state index in [1.54, 1.807) is 0 Å². The zero-order chi connectivity index (χ0) is 23.6. The minimum Gasteiger partial charge on any atom is -0.495 e. The van der Waals surface area contributed by atoms with Gasteiger partial charge < -0.3 is 14.8 Å². The lowest BCUT2D eigenvalue weighted by atomic mass is 10.2. The molecule has 0 atom stereocenters. The van der Waals surface area contributed by atoms with Gasteiger partial charge in [-0.2, -0.15) is 4.31 Å². The monoisotopic (exact) mass is 495 g/mol. The molecule has 1 saturated heterocycles. The fourth-order valence-corrected chi connectivity index (χ4v) is 6.15. The predicted molar refractivity (Wildman–Crippen MR) is 120 cm³/mol. The van der Waals surface area contributed by atoms with E-state index in [9.17, 15) is 21.6 Å². The van der Waals surface area contributed by atoms with Gasteiger partial charge in [-0.3, -0.25) is 4.79 Å². The summed E-state index contributed by atoms with van der Waals surface area (Å²) in [6, 6.07) is 9.79. The number of hydrogen-bond acceptors (Lipinski definition) is 7. The van der Waals surface area contributed by atoms with Gasteiger partial charge >= 0.3 is 0 Å². The van der Waals surface area contributed by atoms with Crippen molar-refractivity contribution < 1.29 is 31.1 Å². The molecule has 1 aliphatic heterocycles. The molecule has 2 aromatic rings. The van der Waals surface area contributed by atoms with E-state index in [4.69, 9.17) is 9.47 Å². The Morgan fingerprint density at radius 1 is 1.03 bits per heavy atom. The van der Waals surface area contributed by atoms with Crippen LogP contribution < -0.4 is 14.8 Å². The topological polar surface area (TPSA) is 131 Å². The van der Waals surface area contributed by atoms with E-state index in [0.29, 0.717) is 13.2 Å². The number of morpholine rings is 1. The molecular weight excluding hydrogens is 470 g/mol. The molecule has 1 saturated carbocycles. The Balaban J connectivity index is 1.58. The number of benzene rings is 2. The average molecular weight is 496 g/mol. The number of anilines is 1. The number of carbonyl (C=O) groups excluding carboxylic acids is 1. The highest BCUT2D eigenvalue weighted by atomic mass is 32.2. The number of nitrogens with one attached hydrogen (secondary N) is 2. The largest absolute Gasteiger partial charge is 0.495 e. The van der Waals surface area contributed by atoms with Crippen LogP contribution >= 0.6 is 0 Å². The molecule has 0 aromatic heterocycles. The van der Waals surface area contributed by atoms with Crippen molar-refractivity contribution >= 4 is 31.6 Å². The van der Waals surface area contributed by atoms with Crippen molar-refractivity contribution in [3.8, 4) is 5.75 Å². The van der Waals surface area contributed by atoms with Gasteiger partial charge in [0.1, 0.15) is 5.75 Å². The minimum absolute atomic E-state index is 0.00542. The second-order valence-electron chi connectivity index (χ2n) is 7.76. The molecular formula is C21H25N3O7S2. The lowest BCUT2D eigenvalue weighted by molar-refractivity contribution is 0.0730. The first-order valence-corrected chi connectivity index (χ1v) is 13.3. The molecule has 12 heteroatoms. The molecule has 0 spiro atoms. The van der Waals surface area contributed by atoms with Crippen molar-refractivity contribution in [3.05, 3.63) is 48.0 Å². The summed E-state index contributed by atoms with van der Waals surface area (Å²) in [6.07, 6.45) is 1.59. The maximum atomic E-state index is 12.9. The molecule has 2 N–H and O–H groups in total. The first-order valence-electron chi connectivity index (χ1n) is 10.4. The second kappa shape index (κ2) is 9.39. The Bertz CT molecular complexity index is 1250. The van der Waals surface area contributed by atoms with Crippen LogP contribution in [0, 0.1) is 0 Å². The van der Waals surface area contributed by atoms with Crippen LogP contribution in [0.2, 0.25) is 0 Å². The maximum absolute atomic E-state index is 12.9. The van der Waals surface area contributed by atoms with E-state index in [1.165, 1.54) is 53.9 Å². The number of carbonyl (C=O) groups is 1. The van der Waals surface area contributed by atoms with Crippen molar-refractivity contribution in [1.29, 1.82) is 0 Å². The smallest absolute Gasteiger partial charge is 0.255 e. The number of hydrogen-bond donors (Lipinski definition) is 2. The Morgan fingerprint density at radius 3 is 2.42 bits per heavy atom. The van der Waals surface area contributed by atoms with Gasteiger partial charge in [0.2, 0.25) is 20.0 Å². The van der Waals surface area contributed by atoms with E-state index >= 15 is 0 Å². The molecule has 33 heavy (non-hydrogen) atoms. The highest BCUT2D eigenvalue weighted by Crippen LogP contribution is 2.30. The summed E-state index contributed by atoms with van der Waals surface area (Å²) in [5.41, 5.74) is 0.262. The van der Waals surface area contributed by atoms with Gasteiger partial charge in [0.25, 0.3) is 5.91 Å². The first kappa shape index (κ1) is 23.6. The molecule has 1 aliphatic carbocycles. The fourth-order valence-electron chi connectivity index (χ4n) is 3.37. The van der Waals surface area contributed by atoms with Crippen LogP contribution in [0.3, 0.4) is 0 Å². The van der Waals surface area contributed by atoms with Crippen molar-refractivity contribution in [2.45, 2.75) is 28.7 Å². The molecule has 0 radical (unpaired) electrons. The Morgan fingerprint density at radius 2 is 1.76 bits per heavy atom. The van der Waals surface area contributed by atoms with Crippen LogP contribution in [-0.4, -0.2) is 66.5 Å². The molecule has 10 nitrogen and oxygen atoms in total. The molecule has 0 unspecified atom stereocenters. The van der Waals surface area contributed by atoms with Gasteiger partial charge in [-0.15, -0.1) is 0 Å². The van der Waals surface area contributed by atoms with E-state index in [0.717, 1.165) is 12.8 Å². The lowest BCUT2D eigenvalue weighted by Crippen LogP contribution is -2.40. The van der Waals surface area contributed by atoms with Crippen LogP contribution in [-0.2, 0) is 24.8 Å². The van der Waals surface area contributed by atoms with Gasteiger partial charge in [0.15, 0.2) is 0 Å². The second-order valence-corrected chi connectivity index (χ2v) is 11.4. The van der Waals surface area contributed by atoms with E-state index in [2.05, 4.69) is 10.0 Å². The van der Waals surface area contributed by atoms with Gasteiger partial charge in [0, 0.05) is 24.7 Å². The fraction of sp³-hybridized carbons (Fsp3) is 0.381. The lowest BCUT2D eigenvalue weighted by Gasteiger charge is -2.26. The van der Waals surface area contributed by atoms with Gasteiger partial charge in [-0.1, -0.05) is 6.07 Å². The highest BCUT2D eigenvalue weighted by molar-refractivity contribution is 7.89. The average Bonchev–Trinajstić information content (AvgIpc) is 3.63. The van der Waals surface area contributed by atoms with Gasteiger partial charge in [0.05, 0.1) is 35.8 Å². The van der Waals surface area contributed by atoms with Crippen LogP contribution in [0.5, 0.6) is 5.75 Å². The molecule has 178 valence electrons. The van der Waals surface area contributed by atoms with E-state index < -0.39 is 26.0 Å². The SMILES string of the molecule is COc1ccc(S(=O)(=O)NC2CC2)cc1NC(=O)c1cccc(S(=O)(=O)N2CCOCC2)c1. The summed E-state index contributed by atoms with van der Waals surface area (Å²) in [6.45, 7) is 1.11. The Kier molecular flexibility index (Phi) is 6.73. The summed E-state index contributed by atoms with van der Waals surface area (Å²) in [5, 5.41) is 2.63. The molecule has 2 aromatic carbocycles. The summed E-state index contributed by atoms with van der Waals surface area (Å²) in [4.78, 5) is 12.9. The number of methoxy groups -OCH3 is 1. The Labute approximate surface area is 193 Å². The van der Waals surface area contributed by atoms with Crippen LogP contribution in [0.25, 0.3) is 0 Å². The third-order valence-electron chi connectivity index (χ3n) is 5.33. The minimum atomic E-state index is -3.77. The number of amides is 1. The van der Waals surface area contributed by atoms with Crippen molar-refractivity contribution in [2.75, 3.05) is 38.7 Å². The number of sulfonamides is 2. The maximum Gasteiger partial charge on any atom is 0.255 e. The number of nitrogens with zero attached hydrogens (tertiary/aromatic N) is 1. The van der Waals surface area contributed by atoms with E-state index in [-0.39, 0.29) is 45.9 Å². The normalized spacial score (nSPS) is 17.5. The third-order valence-corrected chi connectivity index (χ3v) is 8.75. The van der Waals surface area contributed by atoms with Crippen LogP contribution in [0.15, 0.2) is 52.3 Å². The zero-order valence-electron chi connectivity index (χ0n) is 18.0. The summed E-state index contributed by atoms with van der Waals surface area (Å²) < 4.78 is 65.3. The quantitative estimate of drug-likeness (QED) is 0.566. The molecule has 2 aliphatic rings. The van der Waals surface area contributed by atoms with Crippen LogP contribution in [0.4, 0.5) is 5.69 Å². The van der Waals surface area contributed by atoms with Crippen molar-refractivity contribution in [1.82, 2.24) is 9.03 Å². The zero-order valence-corrected chi connectivity index (χ0v) is 19.6. The first-order chi connectivity index (χ1) is 15.7. The molecule has 4 rings (SSSR count). The molecule has 0 bridgehead atoms. The summed E-state index contributed by atoms with van der Waals surface area (Å²) in [7, 11) is -6.11. The number of ether oxygens (including phenoxy) is 2. The highest BCUT2D eigenvalue weighted by Gasteiger charge is 2.29. The molecule has 1 amide bonds. The standard InChI is InChI=1S/C21H25N3O7S2/c1-30-20-8-7-17(32(26,27)23-16-5-6-16)14-19(20)22-21(25)15-3-2-4-18(13-15)33(28,29)24-9-11-31-12-10-24/h2-4,7-8,13-14,16,23H,5-6,9-12H2,1H3,(H,22,25). The van der Waals surface area contributed by atoms with Crippen LogP contribution in [0.1, 0.15) is 23.2 Å². The van der Waals surface area contributed by atoms with Crippen molar-refractivity contribution in [2.24, 2.45) is 0 Å². The molecule has 2 fully saturated rings. The third kappa shape index (κ3) is 5.36. The van der Waals surface area contributed by atoms with Crippen molar-refractivity contribution in [3.63, 3.8) is 0 Å². The number of rotatable bonds is 8. The van der Waals surface area contributed by atoms with Gasteiger partial charge in [-0.05, 0) is 49.2 Å². The summed E-state index contributed by atoms with van der Waals surface area (Å²) in [5.74, 6) is -0.331. The van der Waals surface area contributed by atoms with Gasteiger partial charge in [-0.25, -0.2) is 21.6 Å². The Hall–Kier alpha value is -2.51. The predicted octanol–water partition coefficient (Wildman–Crippen LogP) is 1.41.